The van der Waals surface area contributed by atoms with Gasteiger partial charge in [-0.3, -0.25) is 0 Å². The van der Waals surface area contributed by atoms with Crippen LogP contribution in [0.1, 0.15) is 61.3 Å². The van der Waals surface area contributed by atoms with Gasteiger partial charge in [-0.1, -0.05) is 19.1 Å². The van der Waals surface area contributed by atoms with Crippen molar-refractivity contribution in [1.82, 2.24) is 15.0 Å². The van der Waals surface area contributed by atoms with Crippen LogP contribution < -0.4 is 0 Å². The van der Waals surface area contributed by atoms with E-state index in [1.54, 1.807) is 35.9 Å². The molecular formula is C17H20N4O2. The van der Waals surface area contributed by atoms with Crippen molar-refractivity contribution >= 4 is 5.97 Å². The molecule has 0 unspecified atom stereocenters. The molecule has 120 valence electrons. The van der Waals surface area contributed by atoms with Crippen LogP contribution in [-0.2, 0) is 4.74 Å². The smallest absolute Gasteiger partial charge is 0.338 e. The summed E-state index contributed by atoms with van der Waals surface area (Å²) in [4.78, 5) is 11.7. The van der Waals surface area contributed by atoms with Gasteiger partial charge >= 0.3 is 5.97 Å². The number of esters is 1. The lowest BCUT2D eigenvalue weighted by molar-refractivity contribution is 0.0526. The monoisotopic (exact) mass is 312 g/mol. The molecule has 0 aliphatic rings. The highest BCUT2D eigenvalue weighted by Gasteiger charge is 2.21. The minimum absolute atomic E-state index is 0.212. The van der Waals surface area contributed by atoms with Crippen LogP contribution in [0.5, 0.6) is 0 Å². The summed E-state index contributed by atoms with van der Waals surface area (Å²) in [5, 5.41) is 17.4. The predicted molar refractivity (Wildman–Crippen MR) is 85.4 cm³/mol. The molecule has 0 N–H and O–H groups in total. The lowest BCUT2D eigenvalue weighted by Crippen LogP contribution is -2.09. The molecule has 2 rings (SSSR count). The summed E-state index contributed by atoms with van der Waals surface area (Å²) in [6.45, 7) is 6.27. The first kappa shape index (κ1) is 16.7. The zero-order chi connectivity index (χ0) is 16.8. The van der Waals surface area contributed by atoms with Gasteiger partial charge < -0.3 is 4.74 Å². The van der Waals surface area contributed by atoms with Crippen molar-refractivity contribution in [3.05, 3.63) is 41.2 Å². The molecule has 0 spiro atoms. The molecule has 0 atom stereocenters. The molecule has 23 heavy (non-hydrogen) atoms. The first-order valence-corrected chi connectivity index (χ1v) is 7.79. The van der Waals surface area contributed by atoms with Gasteiger partial charge in [0, 0.05) is 5.92 Å². The second-order valence-electron chi connectivity index (χ2n) is 5.13. The van der Waals surface area contributed by atoms with Gasteiger partial charge in [-0.15, -0.1) is 5.10 Å². The van der Waals surface area contributed by atoms with Crippen LogP contribution >= 0.6 is 0 Å². The first-order chi connectivity index (χ1) is 11.2. The summed E-state index contributed by atoms with van der Waals surface area (Å²) in [5.74, 6) is -0.139. The largest absolute Gasteiger partial charge is 0.462 e. The number of benzene rings is 1. The minimum Gasteiger partial charge on any atom is -0.462 e. The van der Waals surface area contributed by atoms with Crippen LogP contribution in [-0.4, -0.2) is 27.6 Å². The highest BCUT2D eigenvalue weighted by atomic mass is 16.5. The maximum Gasteiger partial charge on any atom is 0.338 e. The van der Waals surface area contributed by atoms with Gasteiger partial charge in [0.05, 0.1) is 23.6 Å². The van der Waals surface area contributed by atoms with Crippen LogP contribution in [0.25, 0.3) is 5.69 Å². The van der Waals surface area contributed by atoms with Crippen LogP contribution in [0.2, 0.25) is 0 Å². The van der Waals surface area contributed by atoms with E-state index in [1.807, 2.05) is 0 Å². The topological polar surface area (TPSA) is 80.8 Å². The van der Waals surface area contributed by atoms with Crippen molar-refractivity contribution in [2.75, 3.05) is 6.61 Å². The zero-order valence-corrected chi connectivity index (χ0v) is 13.6. The molecule has 2 aromatic rings. The molecule has 6 heteroatoms. The van der Waals surface area contributed by atoms with Crippen LogP contribution in [0.3, 0.4) is 0 Å². The Labute approximate surface area is 135 Å². The molecule has 0 saturated heterocycles. The number of carbonyl (C=O) groups is 1. The van der Waals surface area contributed by atoms with E-state index >= 15 is 0 Å². The molecule has 0 amide bonds. The van der Waals surface area contributed by atoms with Gasteiger partial charge in [-0.2, -0.15) is 5.26 Å². The normalized spacial score (nSPS) is 10.6. The number of hydrogen-bond acceptors (Lipinski definition) is 5. The summed E-state index contributed by atoms with van der Waals surface area (Å²) in [5.41, 5.74) is 2.43. The van der Waals surface area contributed by atoms with E-state index in [0.717, 1.165) is 24.2 Å². The SMILES string of the molecule is CCOC(=O)c1ccc(-n2nnc(C#N)c2C(CC)CC)cc1. The third-order valence-corrected chi connectivity index (χ3v) is 3.81. The van der Waals surface area contributed by atoms with Gasteiger partial charge in [0.1, 0.15) is 6.07 Å². The van der Waals surface area contributed by atoms with E-state index < -0.39 is 0 Å². The summed E-state index contributed by atoms with van der Waals surface area (Å²) in [7, 11) is 0. The lowest BCUT2D eigenvalue weighted by Gasteiger charge is -2.14. The van der Waals surface area contributed by atoms with Crippen molar-refractivity contribution in [2.24, 2.45) is 0 Å². The summed E-state index contributed by atoms with van der Waals surface area (Å²) >= 11 is 0. The fraction of sp³-hybridized carbons (Fsp3) is 0.412. The van der Waals surface area contributed by atoms with Crippen molar-refractivity contribution in [3.63, 3.8) is 0 Å². The van der Waals surface area contributed by atoms with Crippen molar-refractivity contribution in [3.8, 4) is 11.8 Å². The minimum atomic E-state index is -0.351. The molecular weight excluding hydrogens is 292 g/mol. The standard InChI is InChI=1S/C17H20N4O2/c1-4-12(5-2)16-15(11-18)19-20-21(16)14-9-7-13(8-10-14)17(22)23-6-3/h7-10,12H,4-6H2,1-3H3. The molecule has 0 fully saturated rings. The van der Waals surface area contributed by atoms with E-state index in [-0.39, 0.29) is 11.9 Å². The Bertz CT molecular complexity index is 709. The second-order valence-corrected chi connectivity index (χ2v) is 5.13. The van der Waals surface area contributed by atoms with Crippen LogP contribution in [0.15, 0.2) is 24.3 Å². The van der Waals surface area contributed by atoms with E-state index in [2.05, 4.69) is 30.2 Å². The van der Waals surface area contributed by atoms with Crippen LogP contribution in [0, 0.1) is 11.3 Å². The molecule has 0 radical (unpaired) electrons. The Morgan fingerprint density at radius 3 is 2.43 bits per heavy atom. The molecule has 0 saturated carbocycles. The van der Waals surface area contributed by atoms with Crippen molar-refractivity contribution < 1.29 is 9.53 Å². The summed E-state index contributed by atoms with van der Waals surface area (Å²) in [6, 6.07) is 9.07. The Kier molecular flexibility index (Phi) is 5.47. The van der Waals surface area contributed by atoms with Gasteiger partial charge in [0.25, 0.3) is 0 Å². The molecule has 0 aliphatic carbocycles. The Balaban J connectivity index is 2.41. The van der Waals surface area contributed by atoms with E-state index in [0.29, 0.717) is 17.9 Å². The average molecular weight is 312 g/mol. The summed E-state index contributed by atoms with van der Waals surface area (Å²) < 4.78 is 6.66. The first-order valence-electron chi connectivity index (χ1n) is 7.79. The molecule has 6 nitrogen and oxygen atoms in total. The zero-order valence-electron chi connectivity index (χ0n) is 13.6. The Morgan fingerprint density at radius 1 is 1.26 bits per heavy atom. The third-order valence-electron chi connectivity index (χ3n) is 3.81. The molecule has 1 aromatic carbocycles. The molecule has 0 bridgehead atoms. The maximum absolute atomic E-state index is 11.7. The average Bonchev–Trinajstić information content (AvgIpc) is 3.00. The fourth-order valence-corrected chi connectivity index (χ4v) is 2.55. The Morgan fingerprint density at radius 2 is 1.91 bits per heavy atom. The number of carbonyl (C=O) groups excluding carboxylic acids is 1. The van der Waals surface area contributed by atoms with Gasteiger partial charge in [-0.05, 0) is 44.0 Å². The third kappa shape index (κ3) is 3.39. The number of nitrogens with zero attached hydrogens (tertiary/aromatic N) is 4. The highest BCUT2D eigenvalue weighted by Crippen LogP contribution is 2.27. The summed E-state index contributed by atoms with van der Waals surface area (Å²) in [6.07, 6.45) is 1.80. The number of nitriles is 1. The van der Waals surface area contributed by atoms with E-state index in [4.69, 9.17) is 4.74 Å². The fourth-order valence-electron chi connectivity index (χ4n) is 2.55. The van der Waals surface area contributed by atoms with Crippen molar-refractivity contribution in [1.29, 1.82) is 5.26 Å². The van der Waals surface area contributed by atoms with Gasteiger partial charge in [-0.25, -0.2) is 9.48 Å². The number of hydrogen-bond donors (Lipinski definition) is 0. The van der Waals surface area contributed by atoms with Crippen LogP contribution in [0.4, 0.5) is 0 Å². The highest BCUT2D eigenvalue weighted by molar-refractivity contribution is 5.89. The lowest BCUT2D eigenvalue weighted by atomic mass is 9.97. The molecule has 1 heterocycles. The second kappa shape index (κ2) is 7.54. The Hall–Kier alpha value is -2.68. The van der Waals surface area contributed by atoms with E-state index in [9.17, 15) is 10.1 Å². The van der Waals surface area contributed by atoms with Crippen molar-refractivity contribution in [2.45, 2.75) is 39.5 Å². The quantitative estimate of drug-likeness (QED) is 0.765. The number of rotatable bonds is 6. The number of ether oxygens (including phenoxy) is 1. The maximum atomic E-state index is 11.7. The van der Waals surface area contributed by atoms with Gasteiger partial charge in [0.15, 0.2) is 5.69 Å². The predicted octanol–water partition coefficient (Wildman–Crippen LogP) is 3.22. The number of aromatic nitrogens is 3. The molecule has 0 aliphatic heterocycles. The van der Waals surface area contributed by atoms with Gasteiger partial charge in [0.2, 0.25) is 0 Å². The van der Waals surface area contributed by atoms with E-state index in [1.165, 1.54) is 0 Å². The molecule has 1 aromatic heterocycles.